The normalized spacial score (nSPS) is 12.0. The highest BCUT2D eigenvalue weighted by Crippen LogP contribution is 2.17. The summed E-state index contributed by atoms with van der Waals surface area (Å²) in [5, 5.41) is 11.1. The van der Waals surface area contributed by atoms with Crippen LogP contribution in [0, 0.1) is 0 Å². The summed E-state index contributed by atoms with van der Waals surface area (Å²) in [6, 6.07) is 0. The minimum atomic E-state index is -1.01. The lowest BCUT2D eigenvalue weighted by Crippen LogP contribution is -2.28. The molecule has 0 aliphatic heterocycles. The Balaban J connectivity index is 3.99. The van der Waals surface area contributed by atoms with Gasteiger partial charge >= 0.3 is 11.9 Å². The Morgan fingerprint density at radius 3 is 1.34 bits per heavy atom. The molecule has 2 N–H and O–H groups in total. The molecule has 0 radical (unpaired) electrons. The number of hydrogen-bond acceptors (Lipinski definition) is 4. The molecule has 0 rings (SSSR count). The van der Waals surface area contributed by atoms with E-state index >= 15 is 0 Å². The molecular weight excluding hydrogens is 622 g/mol. The van der Waals surface area contributed by atoms with Gasteiger partial charge in [0.2, 0.25) is 5.91 Å². The number of carbonyl (C=O) groups is 3. The van der Waals surface area contributed by atoms with Crippen LogP contribution in [0.25, 0.3) is 0 Å². The Morgan fingerprint density at radius 2 is 0.900 bits per heavy atom. The zero-order valence-electron chi connectivity index (χ0n) is 33.3. The smallest absolute Gasteiger partial charge is 0.322 e. The molecule has 0 heterocycles. The van der Waals surface area contributed by atoms with Gasteiger partial charge in [0.1, 0.15) is 12.6 Å². The maximum atomic E-state index is 12.7. The third kappa shape index (κ3) is 38.9. The highest BCUT2D eigenvalue weighted by Gasteiger charge is 2.12. The summed E-state index contributed by atoms with van der Waals surface area (Å²) in [5.74, 6) is -1.25. The second-order valence-corrected chi connectivity index (χ2v) is 15.0. The zero-order chi connectivity index (χ0) is 36.6. The Hall–Kier alpha value is -1.85. The molecular formula is C44H83NO5. The van der Waals surface area contributed by atoms with Crippen molar-refractivity contribution >= 4 is 17.8 Å². The predicted molar refractivity (Wildman–Crippen MR) is 213 cm³/mol. The van der Waals surface area contributed by atoms with Crippen LogP contribution >= 0.6 is 0 Å². The number of allylic oxidation sites excluding steroid dienone is 1. The SMILES string of the molecule is CCCCCCCC/C=C\C(CCCCCCCCC(=O)NCC(=O)O)OC(=O)CCCCCCCCCCCCCCCCCCCCC. The van der Waals surface area contributed by atoms with Gasteiger partial charge in [-0.1, -0.05) is 193 Å². The number of rotatable bonds is 40. The molecule has 0 saturated heterocycles. The molecule has 6 nitrogen and oxygen atoms in total. The highest BCUT2D eigenvalue weighted by atomic mass is 16.5. The van der Waals surface area contributed by atoms with Crippen LogP contribution in [0.1, 0.15) is 239 Å². The maximum absolute atomic E-state index is 12.7. The van der Waals surface area contributed by atoms with Gasteiger partial charge in [0.25, 0.3) is 0 Å². The summed E-state index contributed by atoms with van der Waals surface area (Å²) >= 11 is 0. The largest absolute Gasteiger partial charge is 0.480 e. The van der Waals surface area contributed by atoms with Crippen LogP contribution < -0.4 is 5.32 Å². The number of unbranched alkanes of at least 4 members (excludes halogenated alkanes) is 29. The molecule has 1 atom stereocenters. The highest BCUT2D eigenvalue weighted by molar-refractivity contribution is 5.80. The molecule has 0 aromatic rings. The van der Waals surface area contributed by atoms with Crippen molar-refractivity contribution in [2.75, 3.05) is 6.54 Å². The summed E-state index contributed by atoms with van der Waals surface area (Å²) in [7, 11) is 0. The summed E-state index contributed by atoms with van der Waals surface area (Å²) < 4.78 is 5.95. The van der Waals surface area contributed by atoms with Gasteiger partial charge < -0.3 is 15.2 Å². The number of carboxylic acids is 1. The number of nitrogens with one attached hydrogen (secondary N) is 1. The van der Waals surface area contributed by atoms with Crippen molar-refractivity contribution < 1.29 is 24.2 Å². The lowest BCUT2D eigenvalue weighted by atomic mass is 10.0. The molecule has 0 saturated carbocycles. The Bertz CT molecular complexity index is 782. The van der Waals surface area contributed by atoms with Gasteiger partial charge in [-0.15, -0.1) is 0 Å². The minimum Gasteiger partial charge on any atom is -0.480 e. The van der Waals surface area contributed by atoms with Crippen LogP contribution in [0.5, 0.6) is 0 Å². The van der Waals surface area contributed by atoms with E-state index in [4.69, 9.17) is 9.84 Å². The molecule has 0 fully saturated rings. The van der Waals surface area contributed by atoms with Gasteiger partial charge in [0.15, 0.2) is 0 Å². The van der Waals surface area contributed by atoms with Gasteiger partial charge in [-0.05, 0) is 44.6 Å². The minimum absolute atomic E-state index is 0.0487. The van der Waals surface area contributed by atoms with Crippen molar-refractivity contribution in [2.24, 2.45) is 0 Å². The van der Waals surface area contributed by atoms with E-state index in [-0.39, 0.29) is 24.5 Å². The predicted octanol–water partition coefficient (Wildman–Crippen LogP) is 13.3. The first-order valence-corrected chi connectivity index (χ1v) is 21.8. The van der Waals surface area contributed by atoms with Crippen molar-refractivity contribution in [1.82, 2.24) is 5.32 Å². The molecule has 6 heteroatoms. The van der Waals surface area contributed by atoms with Gasteiger partial charge in [-0.2, -0.15) is 0 Å². The molecule has 0 aromatic heterocycles. The van der Waals surface area contributed by atoms with E-state index in [0.29, 0.717) is 12.8 Å². The van der Waals surface area contributed by atoms with Crippen LogP contribution in [0.15, 0.2) is 12.2 Å². The lowest BCUT2D eigenvalue weighted by molar-refractivity contribution is -0.147. The number of hydrogen-bond donors (Lipinski definition) is 2. The molecule has 0 bridgehead atoms. The quantitative estimate of drug-likeness (QED) is 0.0376. The lowest BCUT2D eigenvalue weighted by Gasteiger charge is -2.15. The summed E-state index contributed by atoms with van der Waals surface area (Å²) in [6.45, 7) is 4.23. The standard InChI is InChI=1S/C44H83NO5/c1-3-5-7-9-11-13-14-15-16-17-18-19-20-21-22-23-25-31-35-39-44(49)50-41(36-32-28-24-12-10-8-6-4-2)37-33-29-26-27-30-34-38-42(46)45-40-43(47)48/h32,36,41H,3-31,33-35,37-40H2,1-2H3,(H,45,46)(H,47,48)/b36-32-. The van der Waals surface area contributed by atoms with E-state index in [2.05, 4.69) is 31.3 Å². The van der Waals surface area contributed by atoms with Crippen LogP contribution in [0.3, 0.4) is 0 Å². The molecule has 0 aromatic carbocycles. The number of amides is 1. The van der Waals surface area contributed by atoms with Crippen LogP contribution in [0.4, 0.5) is 0 Å². The Labute approximate surface area is 310 Å². The van der Waals surface area contributed by atoms with Crippen molar-refractivity contribution in [3.05, 3.63) is 12.2 Å². The maximum Gasteiger partial charge on any atom is 0.322 e. The van der Waals surface area contributed by atoms with Crippen molar-refractivity contribution in [3.8, 4) is 0 Å². The number of ether oxygens (including phenoxy) is 1. The first kappa shape index (κ1) is 48.1. The number of esters is 1. The molecule has 0 spiro atoms. The molecule has 294 valence electrons. The number of aliphatic carboxylic acids is 1. The van der Waals surface area contributed by atoms with Crippen LogP contribution in [-0.4, -0.2) is 35.6 Å². The fourth-order valence-electron chi connectivity index (χ4n) is 6.66. The Kier molecular flexibility index (Phi) is 38.5. The second kappa shape index (κ2) is 39.9. The van der Waals surface area contributed by atoms with Gasteiger partial charge in [-0.25, -0.2) is 0 Å². The van der Waals surface area contributed by atoms with E-state index < -0.39 is 5.97 Å². The van der Waals surface area contributed by atoms with E-state index in [1.54, 1.807) is 0 Å². The van der Waals surface area contributed by atoms with Crippen molar-refractivity contribution in [3.63, 3.8) is 0 Å². The summed E-state index contributed by atoms with van der Waals surface area (Å²) in [5.41, 5.74) is 0. The second-order valence-electron chi connectivity index (χ2n) is 15.0. The average molecular weight is 706 g/mol. The topological polar surface area (TPSA) is 92.7 Å². The third-order valence-corrected chi connectivity index (χ3v) is 9.92. The fourth-order valence-corrected chi connectivity index (χ4v) is 6.66. The zero-order valence-corrected chi connectivity index (χ0v) is 33.3. The fraction of sp³-hybridized carbons (Fsp3) is 0.886. The number of carboxylic acid groups (broad SMARTS) is 1. The van der Waals surface area contributed by atoms with Gasteiger partial charge in [-0.3, -0.25) is 14.4 Å². The van der Waals surface area contributed by atoms with Gasteiger partial charge in [0, 0.05) is 12.8 Å². The molecule has 0 aliphatic rings. The summed E-state index contributed by atoms with van der Waals surface area (Å²) in [4.78, 5) is 34.9. The first-order chi connectivity index (χ1) is 24.5. The molecule has 1 amide bonds. The Morgan fingerprint density at radius 1 is 0.520 bits per heavy atom. The van der Waals surface area contributed by atoms with Crippen molar-refractivity contribution in [1.29, 1.82) is 0 Å². The third-order valence-electron chi connectivity index (χ3n) is 9.92. The van der Waals surface area contributed by atoms with E-state index in [9.17, 15) is 14.4 Å². The first-order valence-electron chi connectivity index (χ1n) is 21.8. The summed E-state index contributed by atoms with van der Waals surface area (Å²) in [6.07, 6.45) is 46.5. The molecule has 50 heavy (non-hydrogen) atoms. The monoisotopic (exact) mass is 706 g/mol. The van der Waals surface area contributed by atoms with E-state index in [1.807, 2.05) is 0 Å². The van der Waals surface area contributed by atoms with Crippen LogP contribution in [-0.2, 0) is 19.1 Å². The number of carbonyl (C=O) groups excluding carboxylic acids is 2. The average Bonchev–Trinajstić information content (AvgIpc) is 3.10. The van der Waals surface area contributed by atoms with Crippen LogP contribution in [0.2, 0.25) is 0 Å². The molecule has 1 unspecified atom stereocenters. The van der Waals surface area contributed by atoms with E-state index in [0.717, 1.165) is 64.2 Å². The van der Waals surface area contributed by atoms with Crippen molar-refractivity contribution in [2.45, 2.75) is 245 Å². The van der Waals surface area contributed by atoms with Gasteiger partial charge in [0.05, 0.1) is 0 Å². The molecule has 0 aliphatic carbocycles. The van der Waals surface area contributed by atoms with E-state index in [1.165, 1.54) is 148 Å².